The zero-order valence-corrected chi connectivity index (χ0v) is 17.3. The number of hydrazone groups is 1. The number of aryl methyl sites for hydroxylation is 1. The van der Waals surface area contributed by atoms with Crippen molar-refractivity contribution in [3.05, 3.63) is 35.4 Å². The minimum absolute atomic E-state index is 0.0146. The number of benzene rings is 1. The standard InChI is InChI=1S/C22H32N4O2/c1-16-7-9-19(10-8-16)20-11-12-22(28)26(24-20)15-21(27)23-13-14-25-17(2)5-4-6-18(25)3/h7-10,17-18H,4-6,11-15H2,1-3H3,(H,23,27). The Balaban J connectivity index is 1.52. The van der Waals surface area contributed by atoms with Crippen LogP contribution >= 0.6 is 0 Å². The van der Waals surface area contributed by atoms with Crippen LogP contribution < -0.4 is 5.32 Å². The minimum atomic E-state index is -0.153. The molecule has 2 aliphatic rings. The highest BCUT2D eigenvalue weighted by atomic mass is 16.2. The van der Waals surface area contributed by atoms with Gasteiger partial charge in [-0.2, -0.15) is 5.10 Å². The Morgan fingerprint density at radius 1 is 1.14 bits per heavy atom. The number of likely N-dealkylation sites (tertiary alicyclic amines) is 1. The molecular formula is C22H32N4O2. The average molecular weight is 385 g/mol. The van der Waals surface area contributed by atoms with Crippen LogP contribution in [0.1, 0.15) is 57.1 Å². The maximum absolute atomic E-state index is 12.4. The Kier molecular flexibility index (Phi) is 6.83. The fourth-order valence-corrected chi connectivity index (χ4v) is 4.11. The van der Waals surface area contributed by atoms with E-state index in [2.05, 4.69) is 29.2 Å². The van der Waals surface area contributed by atoms with Gasteiger partial charge in [0.1, 0.15) is 6.54 Å². The van der Waals surface area contributed by atoms with Crippen molar-refractivity contribution in [3.8, 4) is 0 Å². The monoisotopic (exact) mass is 384 g/mol. The summed E-state index contributed by atoms with van der Waals surface area (Å²) >= 11 is 0. The molecule has 152 valence electrons. The molecule has 28 heavy (non-hydrogen) atoms. The van der Waals surface area contributed by atoms with E-state index in [9.17, 15) is 9.59 Å². The third kappa shape index (κ3) is 5.19. The molecule has 0 aliphatic carbocycles. The fraction of sp³-hybridized carbons (Fsp3) is 0.591. The Morgan fingerprint density at radius 2 is 1.82 bits per heavy atom. The maximum atomic E-state index is 12.4. The molecule has 1 saturated heterocycles. The van der Waals surface area contributed by atoms with Crippen molar-refractivity contribution in [2.75, 3.05) is 19.6 Å². The second-order valence-corrected chi connectivity index (χ2v) is 8.08. The first-order valence-corrected chi connectivity index (χ1v) is 10.4. The molecule has 0 saturated carbocycles. The van der Waals surface area contributed by atoms with Gasteiger partial charge in [-0.1, -0.05) is 36.2 Å². The van der Waals surface area contributed by atoms with Crippen molar-refractivity contribution in [1.82, 2.24) is 15.2 Å². The second-order valence-electron chi connectivity index (χ2n) is 8.08. The molecule has 1 fully saturated rings. The molecule has 0 radical (unpaired) electrons. The van der Waals surface area contributed by atoms with E-state index in [4.69, 9.17) is 0 Å². The summed E-state index contributed by atoms with van der Waals surface area (Å²) in [6, 6.07) is 9.23. The highest BCUT2D eigenvalue weighted by Crippen LogP contribution is 2.21. The van der Waals surface area contributed by atoms with Crippen molar-refractivity contribution in [3.63, 3.8) is 0 Å². The number of piperidine rings is 1. The molecule has 0 aromatic heterocycles. The van der Waals surface area contributed by atoms with Gasteiger partial charge >= 0.3 is 0 Å². The molecule has 6 heteroatoms. The van der Waals surface area contributed by atoms with Gasteiger partial charge in [-0.15, -0.1) is 0 Å². The topological polar surface area (TPSA) is 65.0 Å². The van der Waals surface area contributed by atoms with Crippen molar-refractivity contribution in [2.24, 2.45) is 5.10 Å². The highest BCUT2D eigenvalue weighted by molar-refractivity contribution is 6.04. The molecule has 1 aromatic rings. The number of nitrogens with zero attached hydrogens (tertiary/aromatic N) is 3. The van der Waals surface area contributed by atoms with Crippen LogP contribution in [0, 0.1) is 6.92 Å². The van der Waals surface area contributed by atoms with E-state index < -0.39 is 0 Å². The normalized spacial score (nSPS) is 23.5. The van der Waals surface area contributed by atoms with E-state index in [1.165, 1.54) is 29.8 Å². The average Bonchev–Trinajstić information content (AvgIpc) is 2.66. The summed E-state index contributed by atoms with van der Waals surface area (Å²) in [4.78, 5) is 27.0. The van der Waals surface area contributed by atoms with E-state index in [0.29, 0.717) is 31.5 Å². The third-order valence-electron chi connectivity index (χ3n) is 5.85. The smallest absolute Gasteiger partial charge is 0.243 e. The predicted octanol–water partition coefficient (Wildman–Crippen LogP) is 2.70. The van der Waals surface area contributed by atoms with Crippen molar-refractivity contribution in [1.29, 1.82) is 0 Å². The van der Waals surface area contributed by atoms with Crippen LogP contribution in [-0.4, -0.2) is 59.2 Å². The van der Waals surface area contributed by atoms with Crippen LogP contribution in [0.3, 0.4) is 0 Å². The Morgan fingerprint density at radius 3 is 2.50 bits per heavy atom. The van der Waals surface area contributed by atoms with Gasteiger partial charge in [-0.05, 0) is 39.2 Å². The number of hydrogen-bond acceptors (Lipinski definition) is 4. The van der Waals surface area contributed by atoms with Crippen molar-refractivity contribution in [2.45, 2.75) is 65.0 Å². The van der Waals surface area contributed by atoms with Crippen LogP contribution in [-0.2, 0) is 9.59 Å². The van der Waals surface area contributed by atoms with Gasteiger partial charge in [0.2, 0.25) is 11.8 Å². The van der Waals surface area contributed by atoms with Crippen LogP contribution in [0.4, 0.5) is 0 Å². The molecule has 2 amide bonds. The van der Waals surface area contributed by atoms with Gasteiger partial charge in [0.05, 0.1) is 5.71 Å². The second kappa shape index (κ2) is 9.32. The van der Waals surface area contributed by atoms with Crippen LogP contribution in [0.2, 0.25) is 0 Å². The molecule has 0 bridgehead atoms. The summed E-state index contributed by atoms with van der Waals surface area (Å²) in [5.41, 5.74) is 3.06. The lowest BCUT2D eigenvalue weighted by Crippen LogP contribution is -2.48. The molecule has 0 spiro atoms. The summed E-state index contributed by atoms with van der Waals surface area (Å²) in [6.07, 6.45) is 4.73. The molecule has 2 heterocycles. The Labute approximate surface area is 168 Å². The number of rotatable bonds is 6. The quantitative estimate of drug-likeness (QED) is 0.820. The summed E-state index contributed by atoms with van der Waals surface area (Å²) in [7, 11) is 0. The van der Waals surface area contributed by atoms with E-state index >= 15 is 0 Å². The summed E-state index contributed by atoms with van der Waals surface area (Å²) in [5, 5.41) is 8.73. The van der Waals surface area contributed by atoms with Gasteiger partial charge in [-0.3, -0.25) is 14.5 Å². The molecule has 1 N–H and O–H groups in total. The lowest BCUT2D eigenvalue weighted by Gasteiger charge is -2.39. The van der Waals surface area contributed by atoms with Gasteiger partial charge in [0.25, 0.3) is 0 Å². The van der Waals surface area contributed by atoms with E-state index in [1.807, 2.05) is 31.2 Å². The zero-order valence-electron chi connectivity index (χ0n) is 17.3. The zero-order chi connectivity index (χ0) is 20.1. The minimum Gasteiger partial charge on any atom is -0.353 e. The molecule has 2 aliphatic heterocycles. The summed E-state index contributed by atoms with van der Waals surface area (Å²) in [6.45, 7) is 7.98. The van der Waals surface area contributed by atoms with E-state index in [-0.39, 0.29) is 18.4 Å². The Bertz CT molecular complexity index is 719. The van der Waals surface area contributed by atoms with Crippen LogP contribution in [0.15, 0.2) is 29.4 Å². The fourth-order valence-electron chi connectivity index (χ4n) is 4.11. The third-order valence-corrected chi connectivity index (χ3v) is 5.85. The first kappa shape index (κ1) is 20.5. The molecule has 1 aromatic carbocycles. The maximum Gasteiger partial charge on any atom is 0.243 e. The van der Waals surface area contributed by atoms with Gasteiger partial charge < -0.3 is 5.32 Å². The number of hydrogen-bond donors (Lipinski definition) is 1. The van der Waals surface area contributed by atoms with Gasteiger partial charge in [0, 0.05) is 38.0 Å². The van der Waals surface area contributed by atoms with Crippen molar-refractivity contribution < 1.29 is 9.59 Å². The first-order chi connectivity index (χ1) is 13.4. The largest absolute Gasteiger partial charge is 0.353 e. The van der Waals surface area contributed by atoms with E-state index in [0.717, 1.165) is 17.8 Å². The summed E-state index contributed by atoms with van der Waals surface area (Å²) in [5.74, 6) is -0.246. The highest BCUT2D eigenvalue weighted by Gasteiger charge is 2.25. The molecule has 6 nitrogen and oxygen atoms in total. The SMILES string of the molecule is Cc1ccc(C2=NN(CC(=O)NCCN3C(C)CCCC3C)C(=O)CC2)cc1. The predicted molar refractivity (Wildman–Crippen MR) is 111 cm³/mol. The molecule has 2 atom stereocenters. The lowest BCUT2D eigenvalue weighted by molar-refractivity contribution is -0.136. The van der Waals surface area contributed by atoms with E-state index in [1.54, 1.807) is 0 Å². The summed E-state index contributed by atoms with van der Waals surface area (Å²) < 4.78 is 0. The van der Waals surface area contributed by atoms with Gasteiger partial charge in [-0.25, -0.2) is 5.01 Å². The Hall–Kier alpha value is -2.21. The molecule has 2 unspecified atom stereocenters. The number of nitrogens with one attached hydrogen (secondary N) is 1. The molecule has 3 rings (SSSR count). The van der Waals surface area contributed by atoms with Crippen molar-refractivity contribution >= 4 is 17.5 Å². The lowest BCUT2D eigenvalue weighted by atomic mass is 9.98. The number of amides is 2. The van der Waals surface area contributed by atoms with Crippen LogP contribution in [0.25, 0.3) is 0 Å². The van der Waals surface area contributed by atoms with Gasteiger partial charge in [0.15, 0.2) is 0 Å². The molecular weight excluding hydrogens is 352 g/mol. The number of carbonyl (C=O) groups is 2. The number of carbonyl (C=O) groups excluding carboxylic acids is 2. The first-order valence-electron chi connectivity index (χ1n) is 10.4. The van der Waals surface area contributed by atoms with Crippen LogP contribution in [0.5, 0.6) is 0 Å².